The van der Waals surface area contributed by atoms with Crippen LogP contribution in [0, 0.1) is 6.92 Å². The second kappa shape index (κ2) is 11.6. The van der Waals surface area contributed by atoms with Crippen LogP contribution >= 0.6 is 11.6 Å². The normalized spacial score (nSPS) is 9.36. The fourth-order valence-electron chi connectivity index (χ4n) is 1.30. The zero-order valence-corrected chi connectivity index (χ0v) is 13.1. The van der Waals surface area contributed by atoms with Gasteiger partial charge in [-0.25, -0.2) is 9.59 Å². The molecule has 0 fully saturated rings. The van der Waals surface area contributed by atoms with Crippen molar-refractivity contribution in [3.05, 3.63) is 41.4 Å². The van der Waals surface area contributed by atoms with Crippen molar-refractivity contribution >= 4 is 23.5 Å². The van der Waals surface area contributed by atoms with Gasteiger partial charge in [0.15, 0.2) is 0 Å². The Bertz CT molecular complexity index is 493. The number of hydrogen-bond donors (Lipinski definition) is 3. The number of carbonyl (C=O) groups is 2. The Balaban J connectivity index is 0.000000626. The van der Waals surface area contributed by atoms with Gasteiger partial charge in [0, 0.05) is 11.6 Å². The lowest BCUT2D eigenvalue weighted by Crippen LogP contribution is -2.17. The van der Waals surface area contributed by atoms with E-state index in [1.807, 2.05) is 31.2 Å². The number of carboxylic acids is 2. The molecular weight excluding hydrogens is 310 g/mol. The summed E-state index contributed by atoms with van der Waals surface area (Å²) in [7, 11) is 0. The fraction of sp³-hybridized carbons (Fsp3) is 0.333. The number of rotatable bonds is 7. The molecule has 0 amide bonds. The average molecular weight is 330 g/mol. The minimum Gasteiger partial charge on any atom is -0.494 e. The second-order valence-corrected chi connectivity index (χ2v) is 4.62. The van der Waals surface area contributed by atoms with Crippen LogP contribution in [0.1, 0.15) is 12.0 Å². The summed E-state index contributed by atoms with van der Waals surface area (Å²) in [5.74, 6) is -2.77. The first kappa shape index (κ1) is 19.9. The number of ether oxygens (including phenoxy) is 1. The van der Waals surface area contributed by atoms with Gasteiger partial charge < -0.3 is 20.3 Å². The summed E-state index contributed by atoms with van der Waals surface area (Å²) in [5.41, 5.74) is 1.05. The lowest BCUT2D eigenvalue weighted by molar-refractivity contribution is -0.159. The fourth-order valence-corrected chi connectivity index (χ4v) is 1.42. The zero-order valence-electron chi connectivity index (χ0n) is 12.3. The van der Waals surface area contributed by atoms with Crippen LogP contribution in [-0.4, -0.2) is 41.8 Å². The van der Waals surface area contributed by atoms with E-state index in [1.54, 1.807) is 0 Å². The van der Waals surface area contributed by atoms with Crippen molar-refractivity contribution in [1.29, 1.82) is 0 Å². The van der Waals surface area contributed by atoms with E-state index >= 15 is 0 Å². The van der Waals surface area contributed by atoms with Gasteiger partial charge in [-0.2, -0.15) is 0 Å². The summed E-state index contributed by atoms with van der Waals surface area (Å²) in [6, 6.07) is 5.72. The van der Waals surface area contributed by atoms with Crippen molar-refractivity contribution in [1.82, 2.24) is 5.32 Å². The van der Waals surface area contributed by atoms with E-state index in [1.165, 1.54) is 0 Å². The Labute approximate surface area is 134 Å². The van der Waals surface area contributed by atoms with Gasteiger partial charge in [0.2, 0.25) is 0 Å². The second-order valence-electron chi connectivity index (χ2n) is 4.22. The molecule has 0 saturated heterocycles. The molecule has 1 rings (SSSR count). The highest BCUT2D eigenvalue weighted by Crippen LogP contribution is 2.20. The van der Waals surface area contributed by atoms with Crippen molar-refractivity contribution in [3.63, 3.8) is 0 Å². The number of aryl methyl sites for hydroxylation is 1. The zero-order chi connectivity index (χ0) is 17.0. The number of aliphatic carboxylic acids is 2. The van der Waals surface area contributed by atoms with E-state index in [-0.39, 0.29) is 0 Å². The van der Waals surface area contributed by atoms with Crippen LogP contribution in [0.5, 0.6) is 5.75 Å². The van der Waals surface area contributed by atoms with Crippen LogP contribution in [0.2, 0.25) is 5.02 Å². The van der Waals surface area contributed by atoms with Gasteiger partial charge in [-0.1, -0.05) is 17.7 Å². The first-order valence-corrected chi connectivity index (χ1v) is 6.93. The van der Waals surface area contributed by atoms with E-state index in [0.717, 1.165) is 35.8 Å². The summed E-state index contributed by atoms with van der Waals surface area (Å²) in [4.78, 5) is 18.2. The third-order valence-corrected chi connectivity index (χ3v) is 2.79. The molecular formula is C15H20ClNO5. The van der Waals surface area contributed by atoms with Gasteiger partial charge in [0.05, 0.1) is 6.61 Å². The molecule has 7 heteroatoms. The first-order chi connectivity index (χ1) is 10.4. The Morgan fingerprint density at radius 1 is 1.36 bits per heavy atom. The minimum absolute atomic E-state index is 0.714. The van der Waals surface area contributed by atoms with Crippen molar-refractivity contribution in [2.45, 2.75) is 13.3 Å². The van der Waals surface area contributed by atoms with E-state index < -0.39 is 11.9 Å². The number of benzene rings is 1. The number of hydrogen-bond acceptors (Lipinski definition) is 4. The quantitative estimate of drug-likeness (QED) is 0.404. The molecule has 0 heterocycles. The molecule has 0 aliphatic carbocycles. The lowest BCUT2D eigenvalue weighted by atomic mass is 10.2. The molecule has 0 aliphatic heterocycles. The number of halogens is 1. The van der Waals surface area contributed by atoms with Gasteiger partial charge in [0.25, 0.3) is 0 Å². The van der Waals surface area contributed by atoms with Gasteiger partial charge in [0.1, 0.15) is 5.75 Å². The molecule has 0 spiro atoms. The third-order valence-electron chi connectivity index (χ3n) is 2.37. The van der Waals surface area contributed by atoms with Crippen LogP contribution in [0.4, 0.5) is 0 Å². The largest absolute Gasteiger partial charge is 0.494 e. The van der Waals surface area contributed by atoms with E-state index in [4.69, 9.17) is 36.1 Å². The average Bonchev–Trinajstić information content (AvgIpc) is 2.47. The highest BCUT2D eigenvalue weighted by molar-refractivity contribution is 6.31. The molecule has 0 aromatic heterocycles. The number of carboxylic acid groups (broad SMARTS) is 2. The maximum atomic E-state index is 9.10. The van der Waals surface area contributed by atoms with E-state index in [0.29, 0.717) is 6.61 Å². The summed E-state index contributed by atoms with van der Waals surface area (Å²) >= 11 is 5.92. The number of nitrogens with one attached hydrogen (secondary N) is 1. The first-order valence-electron chi connectivity index (χ1n) is 6.55. The standard InChI is InChI=1S/C13H18ClNO.C2H2O4/c1-3-7-15-8-4-9-16-12-5-6-13(14)11(2)10-12;3-1(4)2(5)6/h3,5-6,10,15H,1,4,7-9H2,2H3;(H,3,4)(H,5,6). The summed E-state index contributed by atoms with van der Waals surface area (Å²) in [5, 5.41) is 18.8. The van der Waals surface area contributed by atoms with Gasteiger partial charge in [-0.15, -0.1) is 6.58 Å². The molecule has 0 saturated carbocycles. The molecule has 1 aromatic rings. The van der Waals surface area contributed by atoms with Crippen LogP contribution in [0.3, 0.4) is 0 Å². The maximum absolute atomic E-state index is 9.10. The van der Waals surface area contributed by atoms with Crippen LogP contribution in [-0.2, 0) is 9.59 Å². The Morgan fingerprint density at radius 2 is 2.00 bits per heavy atom. The molecule has 6 nitrogen and oxygen atoms in total. The van der Waals surface area contributed by atoms with Crippen molar-refractivity contribution in [3.8, 4) is 5.75 Å². The van der Waals surface area contributed by atoms with Crippen LogP contribution < -0.4 is 10.1 Å². The molecule has 3 N–H and O–H groups in total. The lowest BCUT2D eigenvalue weighted by Gasteiger charge is -2.07. The molecule has 122 valence electrons. The Morgan fingerprint density at radius 3 is 2.50 bits per heavy atom. The summed E-state index contributed by atoms with van der Waals surface area (Å²) < 4.78 is 5.60. The summed E-state index contributed by atoms with van der Waals surface area (Å²) in [6.45, 7) is 8.11. The highest BCUT2D eigenvalue weighted by atomic mass is 35.5. The molecule has 0 aliphatic rings. The van der Waals surface area contributed by atoms with Gasteiger partial charge >= 0.3 is 11.9 Å². The van der Waals surface area contributed by atoms with Crippen molar-refractivity contribution in [2.75, 3.05) is 19.7 Å². The molecule has 22 heavy (non-hydrogen) atoms. The predicted molar refractivity (Wildman–Crippen MR) is 84.6 cm³/mol. The topological polar surface area (TPSA) is 95.9 Å². The Hall–Kier alpha value is -2.05. The van der Waals surface area contributed by atoms with E-state index in [9.17, 15) is 0 Å². The van der Waals surface area contributed by atoms with Crippen LogP contribution in [0.25, 0.3) is 0 Å². The maximum Gasteiger partial charge on any atom is 0.414 e. The Kier molecular flexibility index (Phi) is 10.5. The predicted octanol–water partition coefficient (Wildman–Crippen LogP) is 2.35. The van der Waals surface area contributed by atoms with Gasteiger partial charge in [-0.3, -0.25) is 0 Å². The van der Waals surface area contributed by atoms with Crippen LogP contribution in [0.15, 0.2) is 30.9 Å². The molecule has 0 radical (unpaired) electrons. The SMILES string of the molecule is C=CCNCCCOc1ccc(Cl)c(C)c1.O=C(O)C(=O)O. The molecule has 0 atom stereocenters. The smallest absolute Gasteiger partial charge is 0.414 e. The summed E-state index contributed by atoms with van der Waals surface area (Å²) in [6.07, 6.45) is 2.83. The van der Waals surface area contributed by atoms with Crippen molar-refractivity contribution < 1.29 is 24.5 Å². The van der Waals surface area contributed by atoms with Gasteiger partial charge in [-0.05, 0) is 43.7 Å². The molecule has 0 unspecified atom stereocenters. The monoisotopic (exact) mass is 329 g/mol. The highest BCUT2D eigenvalue weighted by Gasteiger charge is 2.04. The molecule has 0 bridgehead atoms. The van der Waals surface area contributed by atoms with E-state index in [2.05, 4.69) is 11.9 Å². The third kappa shape index (κ3) is 9.79. The molecule has 1 aromatic carbocycles. The van der Waals surface area contributed by atoms with Crippen molar-refractivity contribution in [2.24, 2.45) is 0 Å². The minimum atomic E-state index is -1.82.